The maximum atomic E-state index is 12.0. The smallest absolute Gasteiger partial charge is 0.347 e. The lowest BCUT2D eigenvalue weighted by Gasteiger charge is -2.09. The molecule has 1 saturated carbocycles. The minimum absolute atomic E-state index is 0.0121. The summed E-state index contributed by atoms with van der Waals surface area (Å²) in [5.74, 6) is -0.941. The molecule has 3 rings (SSSR count). The molecule has 2 aliphatic rings. The summed E-state index contributed by atoms with van der Waals surface area (Å²) in [7, 11) is 0. The molecule has 1 saturated heterocycles. The summed E-state index contributed by atoms with van der Waals surface area (Å²) in [5, 5.41) is 2.79. The number of cyclic esters (lactones) is 1. The van der Waals surface area contributed by atoms with Gasteiger partial charge >= 0.3 is 11.9 Å². The van der Waals surface area contributed by atoms with E-state index in [1.54, 1.807) is 31.2 Å². The number of carbonyl (C=O) groups is 3. The zero-order chi connectivity index (χ0) is 15.7. The first-order chi connectivity index (χ1) is 10.5. The van der Waals surface area contributed by atoms with E-state index < -0.39 is 18.0 Å². The first kappa shape index (κ1) is 14.6. The standard InChI is InChI=1S/C16H17NO5/c1-9-8-13(16(20)21-9)22-15(19)11-4-6-12(7-5-11)17-14(18)10-2-3-10/h4-7,9-10,13H,2-3,8H2,1H3,(H,17,18). The lowest BCUT2D eigenvalue weighted by atomic mass is 10.2. The normalized spacial score (nSPS) is 23.8. The van der Waals surface area contributed by atoms with Crippen molar-refractivity contribution in [1.82, 2.24) is 0 Å². The quantitative estimate of drug-likeness (QED) is 0.859. The molecule has 0 spiro atoms. The molecule has 0 bridgehead atoms. The van der Waals surface area contributed by atoms with Gasteiger partial charge in [0.2, 0.25) is 12.0 Å². The number of hydrogen-bond acceptors (Lipinski definition) is 5. The fourth-order valence-corrected chi connectivity index (χ4v) is 2.29. The molecule has 2 fully saturated rings. The van der Waals surface area contributed by atoms with Crippen LogP contribution in [0.25, 0.3) is 0 Å². The van der Waals surface area contributed by atoms with Crippen LogP contribution in [0.3, 0.4) is 0 Å². The Morgan fingerprint density at radius 2 is 1.91 bits per heavy atom. The Kier molecular flexibility index (Phi) is 3.83. The highest BCUT2D eigenvalue weighted by atomic mass is 16.6. The average Bonchev–Trinajstić information content (AvgIpc) is 3.27. The SMILES string of the molecule is CC1CC(OC(=O)c2ccc(NC(=O)C3CC3)cc2)C(=O)O1. The molecule has 116 valence electrons. The summed E-state index contributed by atoms with van der Waals surface area (Å²) in [6.45, 7) is 1.75. The summed E-state index contributed by atoms with van der Waals surface area (Å²) in [6.07, 6.45) is 1.18. The molecule has 1 heterocycles. The van der Waals surface area contributed by atoms with Crippen LogP contribution in [0.5, 0.6) is 0 Å². The van der Waals surface area contributed by atoms with Gasteiger partial charge in [-0.3, -0.25) is 4.79 Å². The summed E-state index contributed by atoms with van der Waals surface area (Å²) in [6, 6.07) is 6.42. The first-order valence-corrected chi connectivity index (χ1v) is 7.35. The van der Waals surface area contributed by atoms with E-state index in [4.69, 9.17) is 9.47 Å². The summed E-state index contributed by atoms with van der Waals surface area (Å²) < 4.78 is 10.1. The Labute approximate surface area is 127 Å². The Hall–Kier alpha value is -2.37. The van der Waals surface area contributed by atoms with Gasteiger partial charge in [-0.1, -0.05) is 0 Å². The molecular formula is C16H17NO5. The number of ether oxygens (including phenoxy) is 2. The molecule has 0 aromatic heterocycles. The zero-order valence-electron chi connectivity index (χ0n) is 12.2. The van der Waals surface area contributed by atoms with Crippen molar-refractivity contribution >= 4 is 23.5 Å². The van der Waals surface area contributed by atoms with E-state index in [0.717, 1.165) is 12.8 Å². The molecule has 1 aliphatic heterocycles. The van der Waals surface area contributed by atoms with E-state index in [-0.39, 0.29) is 17.9 Å². The average molecular weight is 303 g/mol. The van der Waals surface area contributed by atoms with E-state index in [1.807, 2.05) is 0 Å². The molecule has 6 heteroatoms. The summed E-state index contributed by atoms with van der Waals surface area (Å²) in [4.78, 5) is 35.1. The molecule has 2 unspecified atom stereocenters. The van der Waals surface area contributed by atoms with Crippen molar-refractivity contribution in [2.75, 3.05) is 5.32 Å². The molecule has 1 amide bonds. The van der Waals surface area contributed by atoms with E-state index >= 15 is 0 Å². The van der Waals surface area contributed by atoms with Crippen LogP contribution in [-0.2, 0) is 19.1 Å². The minimum Gasteiger partial charge on any atom is -0.460 e. The number of hydrogen-bond donors (Lipinski definition) is 1. The number of nitrogens with one attached hydrogen (secondary N) is 1. The van der Waals surface area contributed by atoms with Gasteiger partial charge in [0, 0.05) is 18.0 Å². The maximum absolute atomic E-state index is 12.0. The van der Waals surface area contributed by atoms with Gasteiger partial charge < -0.3 is 14.8 Å². The largest absolute Gasteiger partial charge is 0.460 e. The molecule has 22 heavy (non-hydrogen) atoms. The van der Waals surface area contributed by atoms with Crippen molar-refractivity contribution < 1.29 is 23.9 Å². The number of amides is 1. The number of rotatable bonds is 4. The number of esters is 2. The van der Waals surface area contributed by atoms with Gasteiger partial charge in [0.1, 0.15) is 6.10 Å². The third kappa shape index (κ3) is 3.27. The molecule has 1 aliphatic carbocycles. The Morgan fingerprint density at radius 1 is 1.23 bits per heavy atom. The summed E-state index contributed by atoms with van der Waals surface area (Å²) in [5.41, 5.74) is 0.971. The number of benzene rings is 1. The molecule has 1 aromatic carbocycles. The third-order valence-corrected chi connectivity index (χ3v) is 3.71. The first-order valence-electron chi connectivity index (χ1n) is 7.35. The maximum Gasteiger partial charge on any atom is 0.347 e. The van der Waals surface area contributed by atoms with Crippen LogP contribution in [0.2, 0.25) is 0 Å². The van der Waals surface area contributed by atoms with Gasteiger partial charge in [-0.2, -0.15) is 0 Å². The predicted molar refractivity (Wildman–Crippen MR) is 77.2 cm³/mol. The second kappa shape index (κ2) is 5.79. The highest BCUT2D eigenvalue weighted by Gasteiger charge is 2.35. The minimum atomic E-state index is -0.836. The van der Waals surface area contributed by atoms with E-state index in [2.05, 4.69) is 5.32 Å². The fraction of sp³-hybridized carbons (Fsp3) is 0.438. The van der Waals surface area contributed by atoms with Gasteiger partial charge in [-0.25, -0.2) is 9.59 Å². The van der Waals surface area contributed by atoms with Crippen LogP contribution >= 0.6 is 0 Å². The van der Waals surface area contributed by atoms with Crippen molar-refractivity contribution in [3.8, 4) is 0 Å². The van der Waals surface area contributed by atoms with Crippen LogP contribution in [0.15, 0.2) is 24.3 Å². The Morgan fingerprint density at radius 3 is 2.45 bits per heavy atom. The van der Waals surface area contributed by atoms with E-state index in [9.17, 15) is 14.4 Å². The number of carbonyl (C=O) groups excluding carboxylic acids is 3. The third-order valence-electron chi connectivity index (χ3n) is 3.71. The second-order valence-corrected chi connectivity index (χ2v) is 5.72. The Bertz CT molecular complexity index is 605. The second-order valence-electron chi connectivity index (χ2n) is 5.72. The van der Waals surface area contributed by atoms with Crippen LogP contribution in [0, 0.1) is 5.92 Å². The molecule has 1 aromatic rings. The molecule has 1 N–H and O–H groups in total. The van der Waals surface area contributed by atoms with Gasteiger partial charge in [0.15, 0.2) is 0 Å². The highest BCUT2D eigenvalue weighted by Crippen LogP contribution is 2.30. The van der Waals surface area contributed by atoms with Gasteiger partial charge in [-0.15, -0.1) is 0 Å². The van der Waals surface area contributed by atoms with Gasteiger partial charge in [0.25, 0.3) is 0 Å². The predicted octanol–water partition coefficient (Wildman–Crippen LogP) is 1.90. The van der Waals surface area contributed by atoms with Crippen LogP contribution in [0.4, 0.5) is 5.69 Å². The van der Waals surface area contributed by atoms with Crippen molar-refractivity contribution in [2.24, 2.45) is 5.92 Å². The van der Waals surface area contributed by atoms with Crippen molar-refractivity contribution in [3.05, 3.63) is 29.8 Å². The number of anilines is 1. The molecule has 2 atom stereocenters. The van der Waals surface area contributed by atoms with Crippen LogP contribution < -0.4 is 5.32 Å². The summed E-state index contributed by atoms with van der Waals surface area (Å²) >= 11 is 0. The molecule has 0 radical (unpaired) electrons. The van der Waals surface area contributed by atoms with Crippen LogP contribution in [0.1, 0.15) is 36.5 Å². The molecule has 6 nitrogen and oxygen atoms in total. The topological polar surface area (TPSA) is 81.7 Å². The lowest BCUT2D eigenvalue weighted by molar-refractivity contribution is -0.147. The highest BCUT2D eigenvalue weighted by molar-refractivity contribution is 5.95. The van der Waals surface area contributed by atoms with E-state index in [1.165, 1.54) is 0 Å². The van der Waals surface area contributed by atoms with Crippen molar-refractivity contribution in [3.63, 3.8) is 0 Å². The monoisotopic (exact) mass is 303 g/mol. The van der Waals surface area contributed by atoms with Crippen molar-refractivity contribution in [2.45, 2.75) is 38.4 Å². The molecular weight excluding hydrogens is 286 g/mol. The Balaban J connectivity index is 1.58. The van der Waals surface area contributed by atoms with E-state index in [0.29, 0.717) is 17.7 Å². The lowest BCUT2D eigenvalue weighted by Crippen LogP contribution is -2.22. The zero-order valence-corrected chi connectivity index (χ0v) is 12.2. The van der Waals surface area contributed by atoms with Gasteiger partial charge in [0.05, 0.1) is 5.56 Å². The fourth-order valence-electron chi connectivity index (χ4n) is 2.29. The van der Waals surface area contributed by atoms with Crippen LogP contribution in [-0.4, -0.2) is 30.1 Å². The van der Waals surface area contributed by atoms with Crippen molar-refractivity contribution in [1.29, 1.82) is 0 Å². The van der Waals surface area contributed by atoms with Gasteiger partial charge in [-0.05, 0) is 44.0 Å².